The summed E-state index contributed by atoms with van der Waals surface area (Å²) in [6.07, 6.45) is -5.57. The Morgan fingerprint density at radius 1 is 1.18 bits per heavy atom. The molecule has 7 heteroatoms. The standard InChI is InChI=1S/C10H20O7/c1-10(2,3)17-9(15)16-5-7(13)8(14)6(12)4-11/h6-8,11-14H,4-5H2,1-3H3. The number of carbonyl (C=O) groups excluding carboxylic acids is 1. The van der Waals surface area contributed by atoms with Crippen LogP contribution in [-0.2, 0) is 9.47 Å². The zero-order valence-electron chi connectivity index (χ0n) is 10.2. The molecule has 17 heavy (non-hydrogen) atoms. The molecule has 0 radical (unpaired) electrons. The Bertz CT molecular complexity index is 235. The van der Waals surface area contributed by atoms with Crippen LogP contribution in [0.25, 0.3) is 0 Å². The van der Waals surface area contributed by atoms with Crippen LogP contribution in [0.15, 0.2) is 0 Å². The first kappa shape index (κ1) is 16.1. The Morgan fingerprint density at radius 2 is 1.71 bits per heavy atom. The van der Waals surface area contributed by atoms with Gasteiger partial charge in [-0.15, -0.1) is 0 Å². The molecule has 0 bridgehead atoms. The molecule has 3 unspecified atom stereocenters. The number of hydrogen-bond donors (Lipinski definition) is 4. The van der Waals surface area contributed by atoms with Gasteiger partial charge in [-0.1, -0.05) is 0 Å². The molecule has 0 fully saturated rings. The van der Waals surface area contributed by atoms with Crippen molar-refractivity contribution in [2.45, 2.75) is 44.7 Å². The molecule has 0 rings (SSSR count). The van der Waals surface area contributed by atoms with Gasteiger partial charge in [-0.2, -0.15) is 0 Å². The van der Waals surface area contributed by atoms with Crippen molar-refractivity contribution in [2.24, 2.45) is 0 Å². The molecule has 4 N–H and O–H groups in total. The van der Waals surface area contributed by atoms with Crippen molar-refractivity contribution >= 4 is 6.16 Å². The minimum Gasteiger partial charge on any atom is -0.431 e. The lowest BCUT2D eigenvalue weighted by Gasteiger charge is -2.22. The number of aliphatic hydroxyl groups excluding tert-OH is 4. The first-order valence-electron chi connectivity index (χ1n) is 5.18. The van der Waals surface area contributed by atoms with E-state index in [9.17, 15) is 15.0 Å². The maximum atomic E-state index is 11.1. The zero-order valence-corrected chi connectivity index (χ0v) is 10.2. The summed E-state index contributed by atoms with van der Waals surface area (Å²) in [5.41, 5.74) is -0.717. The van der Waals surface area contributed by atoms with Gasteiger partial charge < -0.3 is 29.9 Å². The van der Waals surface area contributed by atoms with Crippen LogP contribution in [0.4, 0.5) is 4.79 Å². The van der Waals surface area contributed by atoms with Crippen molar-refractivity contribution in [3.05, 3.63) is 0 Å². The molecule has 0 aliphatic heterocycles. The fourth-order valence-corrected chi connectivity index (χ4v) is 0.896. The van der Waals surface area contributed by atoms with Crippen molar-refractivity contribution in [1.29, 1.82) is 0 Å². The smallest absolute Gasteiger partial charge is 0.431 e. The molecule has 0 saturated carbocycles. The topological polar surface area (TPSA) is 116 Å². The SMILES string of the molecule is CC(C)(C)OC(=O)OCC(O)C(O)C(O)CO. The number of aliphatic hydroxyl groups is 4. The third-order valence-electron chi connectivity index (χ3n) is 1.74. The molecule has 0 saturated heterocycles. The van der Waals surface area contributed by atoms with Crippen molar-refractivity contribution in [1.82, 2.24) is 0 Å². The summed E-state index contributed by atoms with van der Waals surface area (Å²) >= 11 is 0. The highest BCUT2D eigenvalue weighted by molar-refractivity contribution is 5.60. The van der Waals surface area contributed by atoms with Gasteiger partial charge in [0.2, 0.25) is 0 Å². The van der Waals surface area contributed by atoms with Gasteiger partial charge in [0.15, 0.2) is 0 Å². The Kier molecular flexibility index (Phi) is 6.40. The quantitative estimate of drug-likeness (QED) is 0.464. The molecule has 102 valence electrons. The third-order valence-corrected chi connectivity index (χ3v) is 1.74. The molecule has 3 atom stereocenters. The average Bonchev–Trinajstić information content (AvgIpc) is 2.21. The summed E-state index contributed by atoms with van der Waals surface area (Å²) in [7, 11) is 0. The van der Waals surface area contributed by atoms with Crippen LogP contribution >= 0.6 is 0 Å². The van der Waals surface area contributed by atoms with Gasteiger partial charge in [-0.3, -0.25) is 0 Å². The van der Waals surface area contributed by atoms with E-state index < -0.39 is 43.3 Å². The third kappa shape index (κ3) is 7.11. The molecular formula is C10H20O7. The summed E-state index contributed by atoms with van der Waals surface area (Å²) in [5, 5.41) is 36.1. The number of rotatable bonds is 5. The Balaban J connectivity index is 3.99. The fourth-order valence-electron chi connectivity index (χ4n) is 0.896. The van der Waals surface area contributed by atoms with Crippen molar-refractivity contribution in [2.75, 3.05) is 13.2 Å². The van der Waals surface area contributed by atoms with E-state index in [4.69, 9.17) is 14.9 Å². The molecular weight excluding hydrogens is 232 g/mol. The summed E-state index contributed by atoms with van der Waals surface area (Å²) < 4.78 is 9.32. The molecule has 0 heterocycles. The second-order valence-electron chi connectivity index (χ2n) is 4.58. The van der Waals surface area contributed by atoms with Crippen molar-refractivity contribution in [3.63, 3.8) is 0 Å². The van der Waals surface area contributed by atoms with E-state index in [0.29, 0.717) is 0 Å². The van der Waals surface area contributed by atoms with Gasteiger partial charge in [0, 0.05) is 0 Å². The number of hydrogen-bond acceptors (Lipinski definition) is 7. The van der Waals surface area contributed by atoms with E-state index in [0.717, 1.165) is 0 Å². The maximum Gasteiger partial charge on any atom is 0.508 e. The van der Waals surface area contributed by atoms with Crippen LogP contribution in [-0.4, -0.2) is 63.7 Å². The molecule has 0 aromatic heterocycles. The van der Waals surface area contributed by atoms with Gasteiger partial charge in [-0.25, -0.2) is 4.79 Å². The highest BCUT2D eigenvalue weighted by Crippen LogP contribution is 2.09. The fraction of sp³-hybridized carbons (Fsp3) is 0.900. The van der Waals surface area contributed by atoms with Gasteiger partial charge >= 0.3 is 6.16 Å². The summed E-state index contributed by atoms with van der Waals surface area (Å²) in [6, 6.07) is 0. The lowest BCUT2D eigenvalue weighted by molar-refractivity contribution is -0.0995. The molecule has 0 spiro atoms. The lowest BCUT2D eigenvalue weighted by atomic mass is 10.1. The second-order valence-corrected chi connectivity index (χ2v) is 4.58. The summed E-state index contributed by atoms with van der Waals surface area (Å²) in [4.78, 5) is 11.1. The van der Waals surface area contributed by atoms with Crippen LogP contribution in [0.3, 0.4) is 0 Å². The summed E-state index contributed by atoms with van der Waals surface area (Å²) in [6.45, 7) is 3.71. The molecule has 7 nitrogen and oxygen atoms in total. The van der Waals surface area contributed by atoms with Crippen molar-refractivity contribution < 1.29 is 34.7 Å². The maximum absolute atomic E-state index is 11.1. The Morgan fingerprint density at radius 3 is 2.12 bits per heavy atom. The van der Waals surface area contributed by atoms with E-state index in [1.54, 1.807) is 20.8 Å². The van der Waals surface area contributed by atoms with Gasteiger partial charge in [0.05, 0.1) is 6.61 Å². The van der Waals surface area contributed by atoms with Gasteiger partial charge in [0.25, 0.3) is 0 Å². The molecule has 0 aromatic rings. The highest BCUT2D eigenvalue weighted by Gasteiger charge is 2.26. The van der Waals surface area contributed by atoms with E-state index in [2.05, 4.69) is 4.74 Å². The van der Waals surface area contributed by atoms with E-state index in [-0.39, 0.29) is 0 Å². The van der Waals surface area contributed by atoms with Gasteiger partial charge in [0.1, 0.15) is 30.5 Å². The minimum absolute atomic E-state index is 0.535. The minimum atomic E-state index is -1.59. The molecule has 0 aliphatic carbocycles. The van der Waals surface area contributed by atoms with Crippen LogP contribution in [0.5, 0.6) is 0 Å². The first-order valence-corrected chi connectivity index (χ1v) is 5.18. The predicted molar refractivity (Wildman–Crippen MR) is 57.3 cm³/mol. The molecule has 0 amide bonds. The normalized spacial score (nSPS) is 17.1. The first-order chi connectivity index (χ1) is 7.67. The van der Waals surface area contributed by atoms with Crippen LogP contribution in [0, 0.1) is 0 Å². The largest absolute Gasteiger partial charge is 0.508 e. The monoisotopic (exact) mass is 252 g/mol. The Labute approximate surface area is 99.6 Å². The Hall–Kier alpha value is -0.890. The highest BCUT2D eigenvalue weighted by atomic mass is 16.7. The van der Waals surface area contributed by atoms with Crippen LogP contribution in [0.1, 0.15) is 20.8 Å². The predicted octanol–water partition coefficient (Wildman–Crippen LogP) is -0.987. The van der Waals surface area contributed by atoms with Crippen LogP contribution in [0.2, 0.25) is 0 Å². The zero-order chi connectivity index (χ0) is 13.6. The lowest BCUT2D eigenvalue weighted by Crippen LogP contribution is -2.42. The van der Waals surface area contributed by atoms with Crippen molar-refractivity contribution in [3.8, 4) is 0 Å². The summed E-state index contributed by atoms with van der Waals surface area (Å²) in [5.74, 6) is 0. The van der Waals surface area contributed by atoms with E-state index in [1.807, 2.05) is 0 Å². The molecule has 0 aromatic carbocycles. The average molecular weight is 252 g/mol. The number of carbonyl (C=O) groups is 1. The molecule has 0 aliphatic rings. The van der Waals surface area contributed by atoms with Crippen LogP contribution < -0.4 is 0 Å². The van der Waals surface area contributed by atoms with E-state index in [1.165, 1.54) is 0 Å². The van der Waals surface area contributed by atoms with Gasteiger partial charge in [-0.05, 0) is 20.8 Å². The number of ether oxygens (including phenoxy) is 2. The van der Waals surface area contributed by atoms with E-state index >= 15 is 0 Å². The second kappa shape index (κ2) is 6.75.